The van der Waals surface area contributed by atoms with Crippen molar-refractivity contribution in [3.63, 3.8) is 0 Å². The molecule has 0 spiro atoms. The molecular formula is C16H20N2O. The molecule has 100 valence electrons. The zero-order chi connectivity index (χ0) is 13.1. The summed E-state index contributed by atoms with van der Waals surface area (Å²) in [6.45, 7) is 2.65. The van der Waals surface area contributed by atoms with Crippen LogP contribution in [0, 0.1) is 12.8 Å². The lowest BCUT2D eigenvalue weighted by Crippen LogP contribution is -2.32. The van der Waals surface area contributed by atoms with Crippen molar-refractivity contribution in [1.29, 1.82) is 0 Å². The molecule has 0 amide bonds. The van der Waals surface area contributed by atoms with Gasteiger partial charge in [-0.25, -0.2) is 4.98 Å². The summed E-state index contributed by atoms with van der Waals surface area (Å²) in [7, 11) is 0. The second-order valence-corrected chi connectivity index (χ2v) is 5.38. The second-order valence-electron chi connectivity index (χ2n) is 5.38. The highest BCUT2D eigenvalue weighted by Gasteiger charge is 2.31. The van der Waals surface area contributed by atoms with Gasteiger partial charge in [-0.2, -0.15) is 0 Å². The number of oxazole rings is 1. The van der Waals surface area contributed by atoms with Crippen LogP contribution in [0.5, 0.6) is 0 Å². The molecule has 3 heteroatoms. The summed E-state index contributed by atoms with van der Waals surface area (Å²) in [6.07, 6.45) is 5.55. The largest absolute Gasteiger partial charge is 0.445 e. The van der Waals surface area contributed by atoms with Gasteiger partial charge in [-0.15, -0.1) is 0 Å². The Hall–Kier alpha value is -1.61. The summed E-state index contributed by atoms with van der Waals surface area (Å²) < 4.78 is 5.51. The number of rotatable bonds is 6. The van der Waals surface area contributed by atoms with E-state index in [2.05, 4.69) is 40.6 Å². The van der Waals surface area contributed by atoms with Gasteiger partial charge in [0.15, 0.2) is 0 Å². The van der Waals surface area contributed by atoms with Gasteiger partial charge in [0.1, 0.15) is 5.76 Å². The van der Waals surface area contributed by atoms with Crippen LogP contribution in [0.2, 0.25) is 0 Å². The van der Waals surface area contributed by atoms with E-state index < -0.39 is 0 Å². The van der Waals surface area contributed by atoms with Crippen LogP contribution in [-0.4, -0.2) is 11.0 Å². The number of aromatic nitrogens is 1. The van der Waals surface area contributed by atoms with E-state index in [4.69, 9.17) is 4.42 Å². The molecule has 0 bridgehead atoms. The minimum absolute atomic E-state index is 0.537. The first kappa shape index (κ1) is 12.4. The lowest BCUT2D eigenvalue weighted by Gasteiger charge is -2.17. The van der Waals surface area contributed by atoms with Crippen molar-refractivity contribution in [2.45, 2.75) is 38.8 Å². The average molecular weight is 256 g/mol. The molecule has 1 atom stereocenters. The number of hydrogen-bond acceptors (Lipinski definition) is 3. The maximum absolute atomic E-state index is 5.51. The third kappa shape index (κ3) is 3.44. The van der Waals surface area contributed by atoms with Gasteiger partial charge in [-0.1, -0.05) is 30.3 Å². The standard InChI is InChI=1S/C16H20N2O/c1-12-10-18-16(19-12)11-17-15(14-7-8-14)9-13-5-3-2-4-6-13/h2-6,10,14-15,17H,7-9,11H2,1H3. The van der Waals surface area contributed by atoms with Crippen LogP contribution in [0.3, 0.4) is 0 Å². The fourth-order valence-electron chi connectivity index (χ4n) is 2.47. The van der Waals surface area contributed by atoms with Crippen molar-refractivity contribution in [2.75, 3.05) is 0 Å². The van der Waals surface area contributed by atoms with E-state index in [1.54, 1.807) is 6.20 Å². The quantitative estimate of drug-likeness (QED) is 0.863. The van der Waals surface area contributed by atoms with E-state index in [9.17, 15) is 0 Å². The Labute approximate surface area is 114 Å². The van der Waals surface area contributed by atoms with Gasteiger partial charge in [0.05, 0.1) is 12.7 Å². The van der Waals surface area contributed by atoms with Gasteiger partial charge < -0.3 is 9.73 Å². The van der Waals surface area contributed by atoms with E-state index in [1.165, 1.54) is 18.4 Å². The van der Waals surface area contributed by atoms with Gasteiger partial charge in [-0.05, 0) is 37.7 Å². The Morgan fingerprint density at radius 3 is 2.74 bits per heavy atom. The second kappa shape index (κ2) is 5.57. The summed E-state index contributed by atoms with van der Waals surface area (Å²) in [5.74, 6) is 2.48. The molecule has 1 unspecified atom stereocenters. The monoisotopic (exact) mass is 256 g/mol. The highest BCUT2D eigenvalue weighted by atomic mass is 16.4. The number of nitrogens with one attached hydrogen (secondary N) is 1. The van der Waals surface area contributed by atoms with Crippen LogP contribution < -0.4 is 5.32 Å². The molecule has 3 nitrogen and oxygen atoms in total. The SMILES string of the molecule is Cc1cnc(CNC(Cc2ccccc2)C2CC2)o1. The molecule has 1 N–H and O–H groups in total. The topological polar surface area (TPSA) is 38.1 Å². The van der Waals surface area contributed by atoms with Gasteiger partial charge in [-0.3, -0.25) is 0 Å². The molecule has 3 rings (SSSR count). The first-order chi connectivity index (χ1) is 9.31. The van der Waals surface area contributed by atoms with Gasteiger partial charge in [0.2, 0.25) is 5.89 Å². The molecule has 1 saturated carbocycles. The Bertz CT molecular complexity index is 517. The van der Waals surface area contributed by atoms with Crippen LogP contribution in [0.25, 0.3) is 0 Å². The third-order valence-electron chi connectivity index (χ3n) is 3.67. The minimum Gasteiger partial charge on any atom is -0.445 e. The Morgan fingerprint density at radius 1 is 1.32 bits per heavy atom. The van der Waals surface area contributed by atoms with Crippen molar-refractivity contribution in [3.8, 4) is 0 Å². The highest BCUT2D eigenvalue weighted by molar-refractivity contribution is 5.16. The third-order valence-corrected chi connectivity index (χ3v) is 3.67. The first-order valence-electron chi connectivity index (χ1n) is 7.00. The number of benzene rings is 1. The Morgan fingerprint density at radius 2 is 2.11 bits per heavy atom. The molecule has 2 aromatic rings. The summed E-state index contributed by atoms with van der Waals surface area (Å²) >= 11 is 0. The molecule has 1 aliphatic rings. The number of hydrogen-bond donors (Lipinski definition) is 1. The van der Waals surface area contributed by atoms with Crippen molar-refractivity contribution in [2.24, 2.45) is 5.92 Å². The normalized spacial score (nSPS) is 16.5. The van der Waals surface area contributed by atoms with Crippen molar-refractivity contribution in [1.82, 2.24) is 10.3 Å². The van der Waals surface area contributed by atoms with Gasteiger partial charge >= 0.3 is 0 Å². The van der Waals surface area contributed by atoms with Crippen molar-refractivity contribution >= 4 is 0 Å². The predicted octanol–water partition coefficient (Wildman–Crippen LogP) is 3.09. The average Bonchev–Trinajstić information content (AvgIpc) is 3.19. The molecule has 1 fully saturated rings. The molecule has 1 aromatic heterocycles. The molecule has 1 heterocycles. The van der Waals surface area contributed by atoms with Crippen molar-refractivity contribution in [3.05, 3.63) is 53.7 Å². The minimum atomic E-state index is 0.537. The van der Waals surface area contributed by atoms with Crippen LogP contribution in [0.15, 0.2) is 40.9 Å². The number of nitrogens with zero attached hydrogens (tertiary/aromatic N) is 1. The zero-order valence-electron chi connectivity index (χ0n) is 11.3. The van der Waals surface area contributed by atoms with E-state index in [-0.39, 0.29) is 0 Å². The summed E-state index contributed by atoms with van der Waals surface area (Å²) in [6, 6.07) is 11.2. The summed E-state index contributed by atoms with van der Waals surface area (Å²) in [5.41, 5.74) is 1.40. The zero-order valence-corrected chi connectivity index (χ0v) is 11.3. The van der Waals surface area contributed by atoms with Crippen LogP contribution in [0.4, 0.5) is 0 Å². The molecule has 19 heavy (non-hydrogen) atoms. The van der Waals surface area contributed by atoms with Crippen molar-refractivity contribution < 1.29 is 4.42 Å². The highest BCUT2D eigenvalue weighted by Crippen LogP contribution is 2.34. The lowest BCUT2D eigenvalue weighted by molar-refractivity contribution is 0.399. The fraction of sp³-hybridized carbons (Fsp3) is 0.438. The van der Waals surface area contributed by atoms with E-state index >= 15 is 0 Å². The van der Waals surface area contributed by atoms with Gasteiger partial charge in [0, 0.05) is 6.04 Å². The van der Waals surface area contributed by atoms with Crippen LogP contribution in [-0.2, 0) is 13.0 Å². The Balaban J connectivity index is 1.59. The van der Waals surface area contributed by atoms with E-state index in [0.29, 0.717) is 6.04 Å². The van der Waals surface area contributed by atoms with Gasteiger partial charge in [0.25, 0.3) is 0 Å². The van der Waals surface area contributed by atoms with E-state index in [0.717, 1.165) is 30.5 Å². The summed E-state index contributed by atoms with van der Waals surface area (Å²) in [5, 5.41) is 3.60. The molecule has 1 aromatic carbocycles. The summed E-state index contributed by atoms with van der Waals surface area (Å²) in [4.78, 5) is 4.25. The number of aryl methyl sites for hydroxylation is 1. The predicted molar refractivity (Wildman–Crippen MR) is 74.7 cm³/mol. The fourth-order valence-corrected chi connectivity index (χ4v) is 2.47. The molecule has 0 saturated heterocycles. The van der Waals surface area contributed by atoms with Crippen LogP contribution >= 0.6 is 0 Å². The molecule has 1 aliphatic carbocycles. The Kier molecular flexibility index (Phi) is 3.65. The molecular weight excluding hydrogens is 236 g/mol. The molecule has 0 radical (unpaired) electrons. The molecule has 0 aliphatic heterocycles. The van der Waals surface area contributed by atoms with Crippen LogP contribution in [0.1, 0.15) is 30.1 Å². The lowest BCUT2D eigenvalue weighted by atomic mass is 10.0. The first-order valence-corrected chi connectivity index (χ1v) is 7.00. The maximum Gasteiger partial charge on any atom is 0.208 e. The van der Waals surface area contributed by atoms with E-state index in [1.807, 2.05) is 6.92 Å². The smallest absolute Gasteiger partial charge is 0.208 e. The maximum atomic E-state index is 5.51.